The number of carbonyl (C=O) groups excluding carboxylic acids is 4. The van der Waals surface area contributed by atoms with E-state index in [-0.39, 0.29) is 6.54 Å². The van der Waals surface area contributed by atoms with Gasteiger partial charge in [0.2, 0.25) is 0 Å². The molecule has 2 fully saturated rings. The van der Waals surface area contributed by atoms with Gasteiger partial charge in [0, 0.05) is 20.8 Å². The molecule has 24 heavy (non-hydrogen) atoms. The van der Waals surface area contributed by atoms with Crippen molar-refractivity contribution in [3.63, 3.8) is 0 Å². The second kappa shape index (κ2) is 6.73. The van der Waals surface area contributed by atoms with E-state index in [1.807, 2.05) is 0 Å². The zero-order valence-electron chi connectivity index (χ0n) is 13.4. The summed E-state index contributed by atoms with van der Waals surface area (Å²) in [6.45, 7) is 3.21. The number of carbonyl (C=O) groups is 4. The molecule has 2 rings (SSSR count). The summed E-state index contributed by atoms with van der Waals surface area (Å²) in [4.78, 5) is 47.2. The van der Waals surface area contributed by atoms with E-state index in [2.05, 4.69) is 0 Å². The molecule has 10 heteroatoms. The number of esters is 3. The van der Waals surface area contributed by atoms with Crippen LogP contribution >= 0.6 is 0 Å². The summed E-state index contributed by atoms with van der Waals surface area (Å²) in [6, 6.07) is -1.08. The van der Waals surface area contributed by atoms with Gasteiger partial charge in [0.25, 0.3) is 5.91 Å². The number of amides is 1. The van der Waals surface area contributed by atoms with E-state index in [0.717, 1.165) is 25.7 Å². The molecule has 0 bridgehead atoms. The third kappa shape index (κ3) is 3.34. The van der Waals surface area contributed by atoms with Gasteiger partial charge in [0.15, 0.2) is 24.4 Å². The molecule has 134 valence electrons. The first-order valence-electron chi connectivity index (χ1n) is 7.31. The molecule has 5 unspecified atom stereocenters. The van der Waals surface area contributed by atoms with Gasteiger partial charge in [0.05, 0.1) is 6.54 Å². The van der Waals surface area contributed by atoms with Gasteiger partial charge >= 0.3 is 17.9 Å². The average Bonchev–Trinajstić information content (AvgIpc) is 2.78. The maximum atomic E-state index is 12.2. The van der Waals surface area contributed by atoms with Crippen LogP contribution in [0.5, 0.6) is 0 Å². The second-order valence-electron chi connectivity index (χ2n) is 5.71. The number of fused-ring (bicyclic) bond motifs is 1. The molecule has 2 N–H and O–H groups in total. The zero-order valence-corrected chi connectivity index (χ0v) is 13.4. The topological polar surface area (TPSA) is 140 Å². The van der Waals surface area contributed by atoms with Crippen molar-refractivity contribution in [3.8, 4) is 0 Å². The molecular formula is C14H19NO9. The minimum absolute atomic E-state index is 0.164. The smallest absolute Gasteiger partial charge is 0.303 e. The molecule has 2 heterocycles. The summed E-state index contributed by atoms with van der Waals surface area (Å²) in [7, 11) is 0. The summed E-state index contributed by atoms with van der Waals surface area (Å²) in [5.74, 6) is -2.94. The molecule has 0 spiro atoms. The van der Waals surface area contributed by atoms with Crippen molar-refractivity contribution >= 4 is 23.8 Å². The van der Waals surface area contributed by atoms with Crippen molar-refractivity contribution in [1.29, 1.82) is 0 Å². The van der Waals surface area contributed by atoms with E-state index in [4.69, 9.17) is 14.2 Å². The Labute approximate surface area is 137 Å². The van der Waals surface area contributed by atoms with E-state index in [0.29, 0.717) is 0 Å². The highest BCUT2D eigenvalue weighted by Gasteiger charge is 2.60. The summed E-state index contributed by atoms with van der Waals surface area (Å²) >= 11 is 0. The van der Waals surface area contributed by atoms with Crippen LogP contribution in [-0.2, 0) is 33.4 Å². The van der Waals surface area contributed by atoms with Gasteiger partial charge in [-0.25, -0.2) is 0 Å². The molecule has 2 aliphatic rings. The van der Waals surface area contributed by atoms with Crippen LogP contribution in [0.3, 0.4) is 0 Å². The molecular weight excluding hydrogens is 326 g/mol. The number of nitrogens with zero attached hydrogens (tertiary/aromatic N) is 1. The highest BCUT2D eigenvalue weighted by Crippen LogP contribution is 2.34. The van der Waals surface area contributed by atoms with Crippen LogP contribution in [0.1, 0.15) is 20.8 Å². The first kappa shape index (κ1) is 18.1. The Bertz CT molecular complexity index is 562. The molecule has 0 aromatic heterocycles. The molecule has 0 aromatic carbocycles. The van der Waals surface area contributed by atoms with Crippen LogP contribution in [0, 0.1) is 0 Å². The largest absolute Gasteiger partial charge is 0.457 e. The minimum Gasteiger partial charge on any atom is -0.457 e. The number of aliphatic hydroxyl groups is 2. The van der Waals surface area contributed by atoms with Gasteiger partial charge in [-0.2, -0.15) is 0 Å². The quantitative estimate of drug-likeness (QED) is 0.428. The Morgan fingerprint density at radius 1 is 0.958 bits per heavy atom. The number of aliphatic hydroxyl groups excluding tert-OH is 2. The van der Waals surface area contributed by atoms with Crippen LogP contribution in [0.15, 0.2) is 0 Å². The summed E-state index contributed by atoms with van der Waals surface area (Å²) in [5, 5.41) is 20.0. The highest BCUT2D eigenvalue weighted by molar-refractivity contribution is 5.84. The number of hydrogen-bond acceptors (Lipinski definition) is 9. The summed E-state index contributed by atoms with van der Waals surface area (Å²) in [5.41, 5.74) is 0. The molecule has 0 aromatic rings. The molecule has 2 saturated heterocycles. The number of hydrogen-bond donors (Lipinski definition) is 2. The maximum absolute atomic E-state index is 12.2. The van der Waals surface area contributed by atoms with Crippen molar-refractivity contribution < 1.29 is 43.6 Å². The molecule has 6 atom stereocenters. The van der Waals surface area contributed by atoms with Crippen molar-refractivity contribution in [2.45, 2.75) is 57.3 Å². The Hall–Kier alpha value is -2.20. The van der Waals surface area contributed by atoms with Crippen molar-refractivity contribution in [2.75, 3.05) is 6.54 Å². The SMILES string of the molecule is CC(=O)OC1C(O)C(O)C(=O)N2CC(OC(C)=O)[C@@H](OC(C)=O)C12. The third-order valence-electron chi connectivity index (χ3n) is 3.89. The predicted molar refractivity (Wildman–Crippen MR) is 74.2 cm³/mol. The first-order chi connectivity index (χ1) is 11.1. The van der Waals surface area contributed by atoms with Gasteiger partial charge in [-0.1, -0.05) is 0 Å². The zero-order chi connectivity index (χ0) is 18.2. The van der Waals surface area contributed by atoms with Crippen LogP contribution in [0.4, 0.5) is 0 Å². The maximum Gasteiger partial charge on any atom is 0.303 e. The van der Waals surface area contributed by atoms with E-state index < -0.39 is 60.4 Å². The summed E-state index contributed by atoms with van der Waals surface area (Å²) < 4.78 is 15.2. The predicted octanol–water partition coefficient (Wildman–Crippen LogP) is -2.27. The van der Waals surface area contributed by atoms with Crippen LogP contribution < -0.4 is 0 Å². The molecule has 2 aliphatic heterocycles. The van der Waals surface area contributed by atoms with E-state index in [1.165, 1.54) is 0 Å². The van der Waals surface area contributed by atoms with Crippen molar-refractivity contribution in [1.82, 2.24) is 4.90 Å². The lowest BCUT2D eigenvalue weighted by atomic mass is 9.91. The molecule has 0 radical (unpaired) electrons. The van der Waals surface area contributed by atoms with Crippen LogP contribution in [-0.4, -0.2) is 82.0 Å². The van der Waals surface area contributed by atoms with Gasteiger partial charge in [-0.05, 0) is 0 Å². The van der Waals surface area contributed by atoms with E-state index in [1.54, 1.807) is 0 Å². The lowest BCUT2D eigenvalue weighted by molar-refractivity contribution is -0.194. The number of ether oxygens (including phenoxy) is 3. The highest BCUT2D eigenvalue weighted by atomic mass is 16.6. The van der Waals surface area contributed by atoms with Crippen LogP contribution in [0.25, 0.3) is 0 Å². The van der Waals surface area contributed by atoms with Gasteiger partial charge in [-0.15, -0.1) is 0 Å². The summed E-state index contributed by atoms with van der Waals surface area (Å²) in [6.07, 6.45) is -6.98. The second-order valence-corrected chi connectivity index (χ2v) is 5.71. The Balaban J connectivity index is 2.40. The van der Waals surface area contributed by atoms with Gasteiger partial charge < -0.3 is 29.3 Å². The monoisotopic (exact) mass is 345 g/mol. The normalized spacial score (nSPS) is 35.2. The van der Waals surface area contributed by atoms with Gasteiger partial charge in [0.1, 0.15) is 12.1 Å². The fourth-order valence-electron chi connectivity index (χ4n) is 3.10. The molecule has 0 aliphatic carbocycles. The van der Waals surface area contributed by atoms with Gasteiger partial charge in [-0.3, -0.25) is 19.2 Å². The fraction of sp³-hybridized carbons (Fsp3) is 0.714. The average molecular weight is 345 g/mol. The molecule has 1 amide bonds. The van der Waals surface area contributed by atoms with Crippen molar-refractivity contribution in [3.05, 3.63) is 0 Å². The van der Waals surface area contributed by atoms with E-state index >= 15 is 0 Å². The number of rotatable bonds is 3. The third-order valence-corrected chi connectivity index (χ3v) is 3.89. The minimum atomic E-state index is -1.81. The van der Waals surface area contributed by atoms with Crippen molar-refractivity contribution in [2.24, 2.45) is 0 Å². The molecule has 0 saturated carbocycles. The standard InChI is InChI=1S/C14H19NO9/c1-5(16)22-8-4-15-9(12(8)23-6(2)17)13(24-7(3)18)10(19)11(20)14(15)21/h8-13,19-20H,4H2,1-3H3/t8?,9?,10?,11?,12-,13?/m1/s1. The lowest BCUT2D eigenvalue weighted by Crippen LogP contribution is -2.65. The van der Waals surface area contributed by atoms with Crippen LogP contribution in [0.2, 0.25) is 0 Å². The Morgan fingerprint density at radius 3 is 1.96 bits per heavy atom. The fourth-order valence-corrected chi connectivity index (χ4v) is 3.10. The molecule has 10 nitrogen and oxygen atoms in total. The van der Waals surface area contributed by atoms with E-state index in [9.17, 15) is 29.4 Å². The Kier molecular flexibility index (Phi) is 5.09. The first-order valence-corrected chi connectivity index (χ1v) is 7.31. The number of piperidine rings is 1. The Morgan fingerprint density at radius 2 is 1.46 bits per heavy atom. The lowest BCUT2D eigenvalue weighted by Gasteiger charge is -2.42.